The molecule has 0 radical (unpaired) electrons. The summed E-state index contributed by atoms with van der Waals surface area (Å²) in [6, 6.07) is 2.05. The second-order valence-corrected chi connectivity index (χ2v) is 6.25. The van der Waals surface area contributed by atoms with E-state index in [0.717, 1.165) is 25.1 Å². The van der Waals surface area contributed by atoms with Crippen LogP contribution in [0.2, 0.25) is 0 Å². The second kappa shape index (κ2) is 8.93. The fourth-order valence-electron chi connectivity index (χ4n) is 2.29. The minimum atomic E-state index is -0.163. The highest BCUT2D eigenvalue weighted by molar-refractivity contribution is 5.92. The zero-order valence-electron chi connectivity index (χ0n) is 14.7. The monoisotopic (exact) mass is 309 g/mol. The van der Waals surface area contributed by atoms with Gasteiger partial charge in [-0.1, -0.05) is 39.3 Å². The number of carbonyl (C=O) groups is 1. The molecule has 2 atom stereocenters. The van der Waals surface area contributed by atoms with Gasteiger partial charge in [0.1, 0.15) is 5.76 Å². The lowest BCUT2D eigenvalue weighted by Crippen LogP contribution is -2.48. The molecule has 1 heterocycles. The van der Waals surface area contributed by atoms with E-state index in [1.807, 2.05) is 6.92 Å². The Hall–Kier alpha value is -1.36. The first-order chi connectivity index (χ1) is 10.5. The molecule has 1 aromatic heterocycles. The zero-order chi connectivity index (χ0) is 16.6. The predicted octanol–water partition coefficient (Wildman–Crippen LogP) is 3.16. The van der Waals surface area contributed by atoms with Gasteiger partial charge in [-0.2, -0.15) is 0 Å². The largest absolute Gasteiger partial charge is 0.361 e. The van der Waals surface area contributed by atoms with Crippen molar-refractivity contribution in [2.24, 2.45) is 5.41 Å². The summed E-state index contributed by atoms with van der Waals surface area (Å²) < 4.78 is 5.08. The standard InChI is InChI=1S/C17H31N3O2/c1-6-9-10-18-13(4)17(5,8-3)12-19-16(21)15-11-14(7-2)22-20-15/h11,13,18H,6-10,12H2,1-5H3,(H,19,21). The Balaban J connectivity index is 2.55. The molecule has 1 amide bonds. The van der Waals surface area contributed by atoms with Crippen LogP contribution in [0.15, 0.2) is 10.6 Å². The highest BCUT2D eigenvalue weighted by Gasteiger charge is 2.30. The van der Waals surface area contributed by atoms with Crippen molar-refractivity contribution in [2.75, 3.05) is 13.1 Å². The maximum absolute atomic E-state index is 12.2. The van der Waals surface area contributed by atoms with Crippen molar-refractivity contribution in [1.29, 1.82) is 0 Å². The molecule has 0 fully saturated rings. The molecule has 2 N–H and O–H groups in total. The third-order valence-corrected chi connectivity index (χ3v) is 4.63. The number of amides is 1. The van der Waals surface area contributed by atoms with Crippen LogP contribution in [0, 0.1) is 5.41 Å². The van der Waals surface area contributed by atoms with Crippen molar-refractivity contribution in [2.45, 2.75) is 66.3 Å². The van der Waals surface area contributed by atoms with E-state index >= 15 is 0 Å². The number of hydrogen-bond acceptors (Lipinski definition) is 4. The van der Waals surface area contributed by atoms with Gasteiger partial charge in [-0.05, 0) is 31.7 Å². The van der Waals surface area contributed by atoms with Crippen molar-refractivity contribution < 1.29 is 9.32 Å². The van der Waals surface area contributed by atoms with E-state index in [9.17, 15) is 4.79 Å². The van der Waals surface area contributed by atoms with Gasteiger partial charge in [0.05, 0.1) is 0 Å². The smallest absolute Gasteiger partial charge is 0.273 e. The van der Waals surface area contributed by atoms with Gasteiger partial charge in [0.15, 0.2) is 5.69 Å². The lowest BCUT2D eigenvalue weighted by Gasteiger charge is -2.35. The topological polar surface area (TPSA) is 67.2 Å². The van der Waals surface area contributed by atoms with Gasteiger partial charge in [-0.3, -0.25) is 4.79 Å². The summed E-state index contributed by atoms with van der Waals surface area (Å²) in [4.78, 5) is 12.2. The lowest BCUT2D eigenvalue weighted by atomic mass is 9.80. The van der Waals surface area contributed by atoms with Crippen molar-refractivity contribution in [3.05, 3.63) is 17.5 Å². The van der Waals surface area contributed by atoms with E-state index < -0.39 is 0 Å². The maximum Gasteiger partial charge on any atom is 0.273 e. The molecular formula is C17H31N3O2. The summed E-state index contributed by atoms with van der Waals surface area (Å²) in [5.74, 6) is 0.571. The SMILES string of the molecule is CCCCNC(C)C(C)(CC)CNC(=O)c1cc(CC)on1. The van der Waals surface area contributed by atoms with Crippen LogP contribution in [-0.2, 0) is 6.42 Å². The fraction of sp³-hybridized carbons (Fsp3) is 0.765. The molecule has 5 heteroatoms. The van der Waals surface area contributed by atoms with Crippen LogP contribution in [0.5, 0.6) is 0 Å². The van der Waals surface area contributed by atoms with Crippen LogP contribution in [0.1, 0.15) is 70.1 Å². The Morgan fingerprint density at radius 3 is 2.68 bits per heavy atom. The van der Waals surface area contributed by atoms with E-state index in [2.05, 4.69) is 43.5 Å². The molecule has 0 saturated heterocycles. The minimum absolute atomic E-state index is 0.0146. The summed E-state index contributed by atoms with van der Waals surface area (Å²) in [5.41, 5.74) is 0.377. The number of unbranched alkanes of at least 4 members (excludes halogenated alkanes) is 1. The van der Waals surface area contributed by atoms with Gasteiger partial charge in [-0.15, -0.1) is 0 Å². The molecule has 0 aliphatic carbocycles. The highest BCUT2D eigenvalue weighted by Crippen LogP contribution is 2.25. The average Bonchev–Trinajstić information content (AvgIpc) is 3.01. The summed E-state index contributed by atoms with van der Waals surface area (Å²) >= 11 is 0. The molecule has 2 unspecified atom stereocenters. The van der Waals surface area contributed by atoms with Crippen LogP contribution in [0.3, 0.4) is 0 Å². The molecule has 0 saturated carbocycles. The number of nitrogens with zero attached hydrogens (tertiary/aromatic N) is 1. The van der Waals surface area contributed by atoms with E-state index in [4.69, 9.17) is 4.52 Å². The number of aromatic nitrogens is 1. The third-order valence-electron chi connectivity index (χ3n) is 4.63. The number of aryl methyl sites for hydroxylation is 1. The Morgan fingerprint density at radius 1 is 1.41 bits per heavy atom. The lowest BCUT2D eigenvalue weighted by molar-refractivity contribution is 0.0910. The molecule has 5 nitrogen and oxygen atoms in total. The first-order valence-electron chi connectivity index (χ1n) is 8.44. The Labute approximate surface area is 134 Å². The molecule has 1 rings (SSSR count). The minimum Gasteiger partial charge on any atom is -0.361 e. The van der Waals surface area contributed by atoms with Gasteiger partial charge < -0.3 is 15.2 Å². The summed E-state index contributed by atoms with van der Waals surface area (Å²) in [6.45, 7) is 12.4. The Kier molecular flexibility index (Phi) is 7.59. The summed E-state index contributed by atoms with van der Waals surface area (Å²) in [7, 11) is 0. The van der Waals surface area contributed by atoms with Crippen molar-refractivity contribution in [1.82, 2.24) is 15.8 Å². The molecule has 0 aliphatic rings. The van der Waals surface area contributed by atoms with E-state index in [0.29, 0.717) is 18.3 Å². The molecule has 0 spiro atoms. The molecule has 1 aromatic rings. The number of nitrogens with one attached hydrogen (secondary N) is 2. The maximum atomic E-state index is 12.2. The zero-order valence-corrected chi connectivity index (χ0v) is 14.7. The predicted molar refractivity (Wildman–Crippen MR) is 89.0 cm³/mol. The quantitative estimate of drug-likeness (QED) is 0.652. The van der Waals surface area contributed by atoms with Crippen molar-refractivity contribution >= 4 is 5.91 Å². The number of hydrogen-bond donors (Lipinski definition) is 2. The van der Waals surface area contributed by atoms with Gasteiger partial charge in [0.25, 0.3) is 5.91 Å². The molecular weight excluding hydrogens is 278 g/mol. The van der Waals surface area contributed by atoms with E-state index in [1.54, 1.807) is 6.07 Å². The molecule has 22 heavy (non-hydrogen) atoms. The Bertz CT molecular complexity index is 459. The van der Waals surface area contributed by atoms with Crippen LogP contribution in [0.4, 0.5) is 0 Å². The molecule has 126 valence electrons. The highest BCUT2D eigenvalue weighted by atomic mass is 16.5. The van der Waals surface area contributed by atoms with Crippen LogP contribution in [-0.4, -0.2) is 30.2 Å². The molecule has 0 bridgehead atoms. The second-order valence-electron chi connectivity index (χ2n) is 6.25. The Morgan fingerprint density at radius 2 is 2.14 bits per heavy atom. The van der Waals surface area contributed by atoms with Crippen LogP contribution >= 0.6 is 0 Å². The third kappa shape index (κ3) is 5.13. The van der Waals surface area contributed by atoms with E-state index in [-0.39, 0.29) is 11.3 Å². The first-order valence-corrected chi connectivity index (χ1v) is 8.44. The van der Waals surface area contributed by atoms with Crippen molar-refractivity contribution in [3.8, 4) is 0 Å². The molecule has 0 aliphatic heterocycles. The average molecular weight is 309 g/mol. The van der Waals surface area contributed by atoms with Gasteiger partial charge in [0.2, 0.25) is 0 Å². The van der Waals surface area contributed by atoms with E-state index in [1.165, 1.54) is 12.8 Å². The van der Waals surface area contributed by atoms with Gasteiger partial charge in [0, 0.05) is 25.1 Å². The fourth-order valence-corrected chi connectivity index (χ4v) is 2.29. The normalized spacial score (nSPS) is 15.3. The number of carbonyl (C=O) groups excluding carboxylic acids is 1. The van der Waals surface area contributed by atoms with Crippen LogP contribution in [0.25, 0.3) is 0 Å². The van der Waals surface area contributed by atoms with Gasteiger partial charge in [-0.25, -0.2) is 0 Å². The first kappa shape index (κ1) is 18.7. The van der Waals surface area contributed by atoms with Gasteiger partial charge >= 0.3 is 0 Å². The molecule has 0 aromatic carbocycles. The number of rotatable bonds is 10. The van der Waals surface area contributed by atoms with Crippen LogP contribution < -0.4 is 10.6 Å². The van der Waals surface area contributed by atoms with Crippen molar-refractivity contribution in [3.63, 3.8) is 0 Å². The summed E-state index contributed by atoms with van der Waals surface area (Å²) in [6.07, 6.45) is 4.10. The summed E-state index contributed by atoms with van der Waals surface area (Å²) in [5, 5.41) is 10.4.